The summed E-state index contributed by atoms with van der Waals surface area (Å²) in [6.45, 7) is 7.47. The number of hydrogen-bond donors (Lipinski definition) is 0. The number of methoxy groups -OCH3 is 1. The summed E-state index contributed by atoms with van der Waals surface area (Å²) in [6, 6.07) is 4.47. The Morgan fingerprint density at radius 1 is 1.32 bits per heavy atom. The van der Waals surface area contributed by atoms with Gasteiger partial charge in [-0.15, -0.1) is 13.2 Å². The van der Waals surface area contributed by atoms with Crippen molar-refractivity contribution in [1.29, 1.82) is 0 Å². The second-order valence-corrected chi connectivity index (χ2v) is 6.04. The molecule has 0 N–H and O–H groups in total. The summed E-state index contributed by atoms with van der Waals surface area (Å²) in [4.78, 5) is 0.0335. The van der Waals surface area contributed by atoms with Crippen LogP contribution in [0.3, 0.4) is 0 Å². The molecule has 0 aliphatic carbocycles. The van der Waals surface area contributed by atoms with E-state index in [4.69, 9.17) is 16.3 Å². The highest BCUT2D eigenvalue weighted by Crippen LogP contribution is 2.29. The molecule has 1 aromatic rings. The van der Waals surface area contributed by atoms with Crippen LogP contribution in [-0.2, 0) is 10.0 Å². The van der Waals surface area contributed by atoms with Crippen LogP contribution in [0.25, 0.3) is 0 Å². The van der Waals surface area contributed by atoms with Crippen LogP contribution in [0.1, 0.15) is 0 Å². The van der Waals surface area contributed by atoms with Crippen LogP contribution in [0.15, 0.2) is 48.4 Å². The molecule has 0 aliphatic rings. The Bertz CT molecular complexity index is 559. The van der Waals surface area contributed by atoms with Crippen LogP contribution < -0.4 is 4.74 Å². The van der Waals surface area contributed by atoms with Gasteiger partial charge in [-0.05, 0) is 18.2 Å². The topological polar surface area (TPSA) is 46.6 Å². The van der Waals surface area contributed by atoms with E-state index in [1.165, 1.54) is 35.7 Å². The summed E-state index contributed by atoms with van der Waals surface area (Å²) in [5, 5.41) is 0.330. The quantitative estimate of drug-likeness (QED) is 0.728. The molecule has 1 aromatic carbocycles. The van der Waals surface area contributed by atoms with Crippen molar-refractivity contribution < 1.29 is 13.2 Å². The molecule has 0 amide bonds. The Morgan fingerprint density at radius 2 is 1.89 bits per heavy atom. The molecule has 0 saturated carbocycles. The van der Waals surface area contributed by atoms with Crippen LogP contribution in [0.2, 0.25) is 5.02 Å². The van der Waals surface area contributed by atoms with Crippen molar-refractivity contribution in [2.45, 2.75) is 4.90 Å². The van der Waals surface area contributed by atoms with Crippen molar-refractivity contribution in [3.05, 3.63) is 48.5 Å². The van der Waals surface area contributed by atoms with E-state index in [2.05, 4.69) is 13.2 Å². The third kappa shape index (κ3) is 3.59. The third-order valence-corrected chi connectivity index (χ3v) is 4.50. The Kier molecular flexibility index (Phi) is 5.60. The lowest BCUT2D eigenvalue weighted by Gasteiger charge is -2.20. The first-order valence-electron chi connectivity index (χ1n) is 5.52. The lowest BCUT2D eigenvalue weighted by atomic mass is 10.3. The third-order valence-electron chi connectivity index (χ3n) is 2.41. The highest BCUT2D eigenvalue weighted by molar-refractivity contribution is 7.89. The lowest BCUT2D eigenvalue weighted by Crippen LogP contribution is -2.31. The maximum atomic E-state index is 12.5. The molecular formula is C13H16ClNO3S. The molecule has 1 rings (SSSR count). The summed E-state index contributed by atoms with van der Waals surface area (Å²) in [5.41, 5.74) is 0. The van der Waals surface area contributed by atoms with Gasteiger partial charge >= 0.3 is 0 Å². The minimum absolute atomic E-state index is 0.0335. The molecule has 0 aromatic heterocycles. The molecule has 0 atom stereocenters. The average Bonchev–Trinajstić information content (AvgIpc) is 2.38. The van der Waals surface area contributed by atoms with E-state index in [1.54, 1.807) is 6.07 Å². The van der Waals surface area contributed by atoms with Gasteiger partial charge in [-0.25, -0.2) is 8.42 Å². The maximum absolute atomic E-state index is 12.5. The summed E-state index contributed by atoms with van der Waals surface area (Å²) in [5.74, 6) is 0.252. The molecule has 6 heteroatoms. The molecule has 0 unspecified atom stereocenters. The van der Waals surface area contributed by atoms with Gasteiger partial charge in [-0.3, -0.25) is 0 Å². The maximum Gasteiger partial charge on any atom is 0.247 e. The zero-order chi connectivity index (χ0) is 14.5. The normalized spacial score (nSPS) is 11.3. The first-order chi connectivity index (χ1) is 8.97. The van der Waals surface area contributed by atoms with Crippen LogP contribution in [-0.4, -0.2) is 32.9 Å². The van der Waals surface area contributed by atoms with Crippen molar-refractivity contribution in [1.82, 2.24) is 4.31 Å². The number of halogens is 1. The lowest BCUT2D eigenvalue weighted by molar-refractivity contribution is 0.398. The minimum Gasteiger partial charge on any atom is -0.495 e. The number of sulfonamides is 1. The fourth-order valence-electron chi connectivity index (χ4n) is 1.55. The van der Waals surface area contributed by atoms with Gasteiger partial charge < -0.3 is 4.74 Å². The molecule has 0 radical (unpaired) electrons. The van der Waals surface area contributed by atoms with E-state index in [9.17, 15) is 8.42 Å². The monoisotopic (exact) mass is 301 g/mol. The van der Waals surface area contributed by atoms with E-state index < -0.39 is 10.0 Å². The van der Waals surface area contributed by atoms with Gasteiger partial charge in [0.1, 0.15) is 10.6 Å². The fraction of sp³-hybridized carbons (Fsp3) is 0.231. The molecule has 0 fully saturated rings. The second kappa shape index (κ2) is 6.75. The van der Waals surface area contributed by atoms with Crippen molar-refractivity contribution >= 4 is 21.6 Å². The Labute approximate surface area is 119 Å². The first kappa shape index (κ1) is 15.8. The van der Waals surface area contributed by atoms with Gasteiger partial charge in [0.05, 0.1) is 7.11 Å². The molecule has 104 valence electrons. The fourth-order valence-corrected chi connectivity index (χ4v) is 3.35. The van der Waals surface area contributed by atoms with Gasteiger partial charge in [0, 0.05) is 18.1 Å². The smallest absolute Gasteiger partial charge is 0.247 e. The first-order valence-corrected chi connectivity index (χ1v) is 7.34. The van der Waals surface area contributed by atoms with Gasteiger partial charge in [0.15, 0.2) is 0 Å². The SMILES string of the molecule is C=CCN(CC=C)S(=O)(=O)c1cc(Cl)ccc1OC. The number of benzene rings is 1. The van der Waals surface area contributed by atoms with Gasteiger partial charge in [-0.2, -0.15) is 4.31 Å². The highest BCUT2D eigenvalue weighted by atomic mass is 35.5. The molecule has 0 heterocycles. The molecule has 0 aliphatic heterocycles. The number of nitrogens with zero attached hydrogens (tertiary/aromatic N) is 1. The highest BCUT2D eigenvalue weighted by Gasteiger charge is 2.26. The summed E-state index contributed by atoms with van der Waals surface area (Å²) < 4.78 is 31.4. The van der Waals surface area contributed by atoms with Crippen molar-refractivity contribution in [3.8, 4) is 5.75 Å². The largest absolute Gasteiger partial charge is 0.495 e. The number of rotatable bonds is 7. The molecule has 4 nitrogen and oxygen atoms in total. The standard InChI is InChI=1S/C13H16ClNO3S/c1-4-8-15(9-5-2)19(16,17)13-10-11(14)6-7-12(13)18-3/h4-7,10H,1-2,8-9H2,3H3. The summed E-state index contributed by atoms with van der Waals surface area (Å²) >= 11 is 5.86. The van der Waals surface area contributed by atoms with Gasteiger partial charge in [0.25, 0.3) is 0 Å². The molecular weight excluding hydrogens is 286 g/mol. The number of ether oxygens (including phenoxy) is 1. The predicted molar refractivity (Wildman–Crippen MR) is 77.2 cm³/mol. The van der Waals surface area contributed by atoms with Crippen LogP contribution in [0.5, 0.6) is 5.75 Å². The predicted octanol–water partition coefficient (Wildman–Crippen LogP) is 2.71. The van der Waals surface area contributed by atoms with Crippen molar-refractivity contribution in [2.75, 3.05) is 20.2 Å². The summed E-state index contributed by atoms with van der Waals surface area (Å²) in [6.07, 6.45) is 3.02. The molecule has 0 bridgehead atoms. The number of hydrogen-bond acceptors (Lipinski definition) is 3. The van der Waals surface area contributed by atoms with E-state index >= 15 is 0 Å². The summed E-state index contributed by atoms with van der Waals surface area (Å²) in [7, 11) is -2.30. The zero-order valence-corrected chi connectivity index (χ0v) is 12.2. The van der Waals surface area contributed by atoms with Crippen LogP contribution in [0.4, 0.5) is 0 Å². The van der Waals surface area contributed by atoms with Crippen LogP contribution in [0, 0.1) is 0 Å². The minimum atomic E-state index is -3.71. The average molecular weight is 302 g/mol. The second-order valence-electron chi connectivity index (χ2n) is 3.69. The van der Waals surface area contributed by atoms with E-state index in [0.29, 0.717) is 5.02 Å². The van der Waals surface area contributed by atoms with E-state index in [0.717, 1.165) is 0 Å². The Balaban J connectivity index is 3.34. The zero-order valence-electron chi connectivity index (χ0n) is 10.7. The van der Waals surface area contributed by atoms with Crippen molar-refractivity contribution in [2.24, 2.45) is 0 Å². The Hall–Kier alpha value is -1.30. The van der Waals surface area contributed by atoms with Gasteiger partial charge in [-0.1, -0.05) is 23.8 Å². The molecule has 0 saturated heterocycles. The van der Waals surface area contributed by atoms with E-state index in [-0.39, 0.29) is 23.7 Å². The Morgan fingerprint density at radius 3 is 2.37 bits per heavy atom. The van der Waals surface area contributed by atoms with Gasteiger partial charge in [0.2, 0.25) is 10.0 Å². The van der Waals surface area contributed by atoms with Crippen molar-refractivity contribution in [3.63, 3.8) is 0 Å². The molecule has 0 spiro atoms. The molecule has 19 heavy (non-hydrogen) atoms. The van der Waals surface area contributed by atoms with Crippen LogP contribution >= 0.6 is 11.6 Å². The van der Waals surface area contributed by atoms with E-state index in [1.807, 2.05) is 0 Å².